The van der Waals surface area contributed by atoms with Crippen molar-refractivity contribution >= 4 is 34.5 Å². The third-order valence-electron chi connectivity index (χ3n) is 3.53. The molecular weight excluding hydrogens is 344 g/mol. The van der Waals surface area contributed by atoms with Gasteiger partial charge in [-0.25, -0.2) is 9.67 Å². The van der Waals surface area contributed by atoms with Crippen LogP contribution in [0, 0.1) is 20.8 Å². The number of nitrogens with zero attached hydrogens (tertiary/aromatic N) is 3. The number of aryl methyl sites for hydroxylation is 3. The largest absolute Gasteiger partial charge is 0.326 e. The van der Waals surface area contributed by atoms with E-state index in [0.717, 1.165) is 27.8 Å². The van der Waals surface area contributed by atoms with Gasteiger partial charge in [-0.05, 0) is 44.5 Å². The number of aromatic nitrogens is 3. The van der Waals surface area contributed by atoms with Crippen LogP contribution in [-0.4, -0.2) is 20.7 Å². The second-order valence-corrected chi connectivity index (χ2v) is 6.89. The summed E-state index contributed by atoms with van der Waals surface area (Å²) in [5.41, 5.74) is 4.34. The van der Waals surface area contributed by atoms with Gasteiger partial charge in [0.15, 0.2) is 0 Å². The van der Waals surface area contributed by atoms with Crippen molar-refractivity contribution in [1.29, 1.82) is 0 Å². The minimum atomic E-state index is -0.125. The van der Waals surface area contributed by atoms with Crippen LogP contribution in [0.3, 0.4) is 0 Å². The highest BCUT2D eigenvalue weighted by atomic mass is 35.5. The molecule has 124 valence electrons. The number of benzene rings is 1. The first-order valence-corrected chi connectivity index (χ1v) is 8.72. The Morgan fingerprint density at radius 2 is 2.08 bits per heavy atom. The van der Waals surface area contributed by atoms with Crippen molar-refractivity contribution in [3.05, 3.63) is 57.3 Å². The second-order valence-electron chi connectivity index (χ2n) is 5.65. The highest BCUT2D eigenvalue weighted by molar-refractivity contribution is 7.12. The maximum Gasteiger partial charge on any atom is 0.230 e. The molecule has 2 aromatic heterocycles. The molecule has 0 saturated heterocycles. The van der Waals surface area contributed by atoms with Gasteiger partial charge >= 0.3 is 0 Å². The maximum absolute atomic E-state index is 12.2. The van der Waals surface area contributed by atoms with Crippen molar-refractivity contribution in [2.24, 2.45) is 0 Å². The van der Waals surface area contributed by atoms with E-state index in [1.54, 1.807) is 10.7 Å². The van der Waals surface area contributed by atoms with Crippen LogP contribution in [0.1, 0.15) is 22.6 Å². The number of amides is 1. The Balaban J connectivity index is 1.69. The lowest BCUT2D eigenvalue weighted by molar-refractivity contribution is -0.115. The Morgan fingerprint density at radius 3 is 2.75 bits per heavy atom. The lowest BCUT2D eigenvalue weighted by Crippen LogP contribution is -2.14. The lowest BCUT2D eigenvalue weighted by atomic mass is 10.2. The van der Waals surface area contributed by atoms with E-state index in [4.69, 9.17) is 11.6 Å². The van der Waals surface area contributed by atoms with Crippen LogP contribution >= 0.6 is 22.9 Å². The average molecular weight is 361 g/mol. The summed E-state index contributed by atoms with van der Waals surface area (Å²) in [7, 11) is 0. The fourth-order valence-electron chi connectivity index (χ4n) is 2.34. The molecular formula is C17H17ClN4OS. The molecule has 1 amide bonds. The Bertz CT molecular complexity index is 900. The van der Waals surface area contributed by atoms with E-state index in [9.17, 15) is 4.79 Å². The number of nitrogens with one attached hydrogen (secondary N) is 1. The molecule has 2 heterocycles. The smallest absolute Gasteiger partial charge is 0.230 e. The number of thiazole rings is 1. The van der Waals surface area contributed by atoms with Crippen LogP contribution in [0.25, 0.3) is 5.13 Å². The molecule has 24 heavy (non-hydrogen) atoms. The highest BCUT2D eigenvalue weighted by Crippen LogP contribution is 2.21. The lowest BCUT2D eigenvalue weighted by Gasteiger charge is -2.06. The van der Waals surface area contributed by atoms with Crippen LogP contribution in [0.5, 0.6) is 0 Å². The van der Waals surface area contributed by atoms with Gasteiger partial charge in [0.2, 0.25) is 11.0 Å². The summed E-state index contributed by atoms with van der Waals surface area (Å²) < 4.78 is 1.79. The zero-order chi connectivity index (χ0) is 17.3. The second kappa shape index (κ2) is 6.75. The fraction of sp³-hybridized carbons (Fsp3) is 0.235. The van der Waals surface area contributed by atoms with E-state index < -0.39 is 0 Å². The average Bonchev–Trinajstić information content (AvgIpc) is 3.09. The highest BCUT2D eigenvalue weighted by Gasteiger charge is 2.12. The molecule has 0 aliphatic carbocycles. The van der Waals surface area contributed by atoms with Gasteiger partial charge in [-0.2, -0.15) is 5.10 Å². The molecule has 0 aliphatic rings. The molecule has 1 aromatic carbocycles. The number of rotatable bonds is 4. The standard InChI is InChI=1S/C17H17ClN4OS/c1-10-4-5-13(7-15(10)18)19-16(23)8-14-9-24-17(20-14)22-12(3)6-11(2)21-22/h4-7,9H,8H2,1-3H3,(H,19,23). The normalized spacial score (nSPS) is 10.8. The van der Waals surface area contributed by atoms with Crippen LogP contribution in [0.4, 0.5) is 5.69 Å². The first-order valence-electron chi connectivity index (χ1n) is 7.46. The molecule has 0 saturated carbocycles. The third kappa shape index (κ3) is 3.66. The Morgan fingerprint density at radius 1 is 1.29 bits per heavy atom. The molecule has 3 rings (SSSR count). The van der Waals surface area contributed by atoms with Crippen molar-refractivity contribution in [3.8, 4) is 5.13 Å². The van der Waals surface area contributed by atoms with E-state index >= 15 is 0 Å². The molecule has 0 radical (unpaired) electrons. The van der Waals surface area contributed by atoms with Crippen molar-refractivity contribution < 1.29 is 4.79 Å². The molecule has 7 heteroatoms. The van der Waals surface area contributed by atoms with Gasteiger partial charge < -0.3 is 5.32 Å². The topological polar surface area (TPSA) is 59.8 Å². The van der Waals surface area contributed by atoms with Crippen LogP contribution in [0.15, 0.2) is 29.6 Å². The van der Waals surface area contributed by atoms with Gasteiger partial charge in [0.1, 0.15) is 0 Å². The number of halogens is 1. The van der Waals surface area contributed by atoms with Crippen molar-refractivity contribution in [3.63, 3.8) is 0 Å². The predicted molar refractivity (Wildman–Crippen MR) is 97.2 cm³/mol. The number of carbonyl (C=O) groups is 1. The quantitative estimate of drug-likeness (QED) is 0.762. The molecule has 0 spiro atoms. The molecule has 3 aromatic rings. The maximum atomic E-state index is 12.2. The molecule has 0 atom stereocenters. The predicted octanol–water partition coefficient (Wildman–Crippen LogP) is 4.09. The number of anilines is 1. The summed E-state index contributed by atoms with van der Waals surface area (Å²) in [5.74, 6) is -0.125. The van der Waals surface area contributed by atoms with Crippen LogP contribution < -0.4 is 5.32 Å². The van der Waals surface area contributed by atoms with Gasteiger partial charge in [0.25, 0.3) is 0 Å². The first kappa shape index (κ1) is 16.7. The summed E-state index contributed by atoms with van der Waals surface area (Å²) in [6.07, 6.45) is 0.210. The Hall–Kier alpha value is -2.18. The van der Waals surface area contributed by atoms with Crippen molar-refractivity contribution in [1.82, 2.24) is 14.8 Å². The number of hydrogen-bond donors (Lipinski definition) is 1. The molecule has 1 N–H and O–H groups in total. The molecule has 5 nitrogen and oxygen atoms in total. The minimum Gasteiger partial charge on any atom is -0.326 e. The molecule has 0 fully saturated rings. The van der Waals surface area contributed by atoms with E-state index in [2.05, 4.69) is 15.4 Å². The summed E-state index contributed by atoms with van der Waals surface area (Å²) in [6.45, 7) is 5.84. The summed E-state index contributed by atoms with van der Waals surface area (Å²) in [5, 5.41) is 10.5. The van der Waals surface area contributed by atoms with Gasteiger partial charge in [-0.3, -0.25) is 4.79 Å². The monoisotopic (exact) mass is 360 g/mol. The summed E-state index contributed by atoms with van der Waals surface area (Å²) in [4.78, 5) is 16.7. The van der Waals surface area contributed by atoms with E-state index in [-0.39, 0.29) is 12.3 Å². The van der Waals surface area contributed by atoms with E-state index in [1.807, 2.05) is 44.4 Å². The van der Waals surface area contributed by atoms with Crippen LogP contribution in [-0.2, 0) is 11.2 Å². The zero-order valence-corrected chi connectivity index (χ0v) is 15.2. The summed E-state index contributed by atoms with van der Waals surface area (Å²) in [6, 6.07) is 7.45. The Labute approximate surface area is 149 Å². The zero-order valence-electron chi connectivity index (χ0n) is 13.6. The van der Waals surface area contributed by atoms with Crippen LogP contribution in [0.2, 0.25) is 5.02 Å². The fourth-order valence-corrected chi connectivity index (χ4v) is 3.35. The van der Waals surface area contributed by atoms with Gasteiger partial charge in [0.05, 0.1) is 17.8 Å². The number of hydrogen-bond acceptors (Lipinski definition) is 4. The summed E-state index contributed by atoms with van der Waals surface area (Å²) >= 11 is 7.54. The minimum absolute atomic E-state index is 0.125. The molecule has 0 bridgehead atoms. The third-order valence-corrected chi connectivity index (χ3v) is 4.80. The van der Waals surface area contributed by atoms with Crippen molar-refractivity contribution in [2.75, 3.05) is 5.32 Å². The SMILES string of the molecule is Cc1cc(C)n(-c2nc(CC(=O)Nc3ccc(C)c(Cl)c3)cs2)n1. The Kier molecular flexibility index (Phi) is 4.69. The van der Waals surface area contributed by atoms with Gasteiger partial charge in [0, 0.05) is 21.8 Å². The first-order chi connectivity index (χ1) is 11.4. The number of carbonyl (C=O) groups excluding carboxylic acids is 1. The van der Waals surface area contributed by atoms with Crippen molar-refractivity contribution in [2.45, 2.75) is 27.2 Å². The molecule has 0 unspecified atom stereocenters. The van der Waals surface area contributed by atoms with E-state index in [0.29, 0.717) is 10.7 Å². The van der Waals surface area contributed by atoms with E-state index in [1.165, 1.54) is 11.3 Å². The molecule has 0 aliphatic heterocycles. The van der Waals surface area contributed by atoms with Gasteiger partial charge in [-0.15, -0.1) is 11.3 Å². The van der Waals surface area contributed by atoms with Gasteiger partial charge in [-0.1, -0.05) is 17.7 Å².